The summed E-state index contributed by atoms with van der Waals surface area (Å²) in [6.45, 7) is 4.12. The van der Waals surface area contributed by atoms with E-state index >= 15 is 0 Å². The first-order valence-electron chi connectivity index (χ1n) is 8.26. The maximum atomic E-state index is 12.4. The summed E-state index contributed by atoms with van der Waals surface area (Å²) in [5.74, 6) is 0.151. The Labute approximate surface area is 142 Å². The van der Waals surface area contributed by atoms with Crippen LogP contribution in [-0.4, -0.2) is 42.2 Å². The molecule has 1 aliphatic rings. The molecule has 1 saturated heterocycles. The number of hydrogen-bond donors (Lipinski definition) is 1. The van der Waals surface area contributed by atoms with Crippen molar-refractivity contribution < 1.29 is 4.79 Å². The van der Waals surface area contributed by atoms with Crippen LogP contribution in [0.1, 0.15) is 19.8 Å². The molecule has 2 aromatic rings. The average molecular weight is 328 g/mol. The summed E-state index contributed by atoms with van der Waals surface area (Å²) in [5.41, 5.74) is 0. The summed E-state index contributed by atoms with van der Waals surface area (Å²) in [5, 5.41) is 5.60. The van der Waals surface area contributed by atoms with Crippen LogP contribution in [0.15, 0.2) is 47.4 Å². The van der Waals surface area contributed by atoms with E-state index in [2.05, 4.69) is 47.6 Å². The molecule has 1 N–H and O–H groups in total. The topological polar surface area (TPSA) is 32.3 Å². The number of nitrogens with one attached hydrogen (secondary N) is 1. The maximum Gasteiger partial charge on any atom is 0.233 e. The van der Waals surface area contributed by atoms with Crippen molar-refractivity contribution in [2.24, 2.45) is 0 Å². The van der Waals surface area contributed by atoms with E-state index in [-0.39, 0.29) is 11.2 Å². The zero-order valence-electron chi connectivity index (χ0n) is 13.8. The number of amides is 1. The predicted octanol–water partition coefficient (Wildman–Crippen LogP) is 3.53. The second-order valence-electron chi connectivity index (χ2n) is 6.36. The molecule has 0 spiro atoms. The van der Waals surface area contributed by atoms with E-state index in [0.717, 1.165) is 30.8 Å². The zero-order chi connectivity index (χ0) is 16.2. The van der Waals surface area contributed by atoms with Gasteiger partial charge < -0.3 is 10.2 Å². The van der Waals surface area contributed by atoms with Gasteiger partial charge in [0.05, 0.1) is 5.25 Å². The molecular formula is C19H24N2OS. The fraction of sp³-hybridized carbons (Fsp3) is 0.421. The van der Waals surface area contributed by atoms with Gasteiger partial charge in [0.15, 0.2) is 0 Å². The largest absolute Gasteiger partial charge is 0.352 e. The Hall–Kier alpha value is -1.52. The maximum absolute atomic E-state index is 12.4. The summed E-state index contributed by atoms with van der Waals surface area (Å²) in [7, 11) is 2.14. The minimum absolute atomic E-state index is 0.0733. The van der Waals surface area contributed by atoms with Gasteiger partial charge in [-0.05, 0) is 62.8 Å². The van der Waals surface area contributed by atoms with Crippen LogP contribution in [0.25, 0.3) is 10.8 Å². The quantitative estimate of drug-likeness (QED) is 0.872. The summed E-state index contributed by atoms with van der Waals surface area (Å²) >= 11 is 1.63. The van der Waals surface area contributed by atoms with Crippen LogP contribution < -0.4 is 5.32 Å². The highest BCUT2D eigenvalue weighted by atomic mass is 32.2. The summed E-state index contributed by atoms with van der Waals surface area (Å²) in [6.07, 6.45) is 2.10. The van der Waals surface area contributed by atoms with Crippen molar-refractivity contribution in [1.29, 1.82) is 0 Å². The number of benzene rings is 2. The zero-order valence-corrected chi connectivity index (χ0v) is 14.6. The van der Waals surface area contributed by atoms with E-state index in [1.165, 1.54) is 10.8 Å². The first-order valence-corrected chi connectivity index (χ1v) is 9.14. The van der Waals surface area contributed by atoms with Gasteiger partial charge in [-0.15, -0.1) is 11.8 Å². The van der Waals surface area contributed by atoms with Crippen molar-refractivity contribution in [3.63, 3.8) is 0 Å². The number of likely N-dealkylation sites (tertiary alicyclic amines) is 1. The smallest absolute Gasteiger partial charge is 0.233 e. The molecular weight excluding hydrogens is 304 g/mol. The molecule has 122 valence electrons. The Kier molecular flexibility index (Phi) is 5.23. The highest BCUT2D eigenvalue weighted by Gasteiger charge is 2.21. The van der Waals surface area contributed by atoms with Crippen LogP contribution >= 0.6 is 11.8 Å². The lowest BCUT2D eigenvalue weighted by Crippen LogP contribution is -2.45. The van der Waals surface area contributed by atoms with Gasteiger partial charge in [-0.25, -0.2) is 0 Å². The van der Waals surface area contributed by atoms with Crippen molar-refractivity contribution in [2.75, 3.05) is 20.1 Å². The molecule has 0 saturated carbocycles. The summed E-state index contributed by atoms with van der Waals surface area (Å²) in [4.78, 5) is 15.9. The highest BCUT2D eigenvalue weighted by Crippen LogP contribution is 2.27. The third kappa shape index (κ3) is 4.27. The van der Waals surface area contributed by atoms with E-state index in [1.807, 2.05) is 19.1 Å². The molecule has 4 heteroatoms. The van der Waals surface area contributed by atoms with Gasteiger partial charge in [0, 0.05) is 10.9 Å². The van der Waals surface area contributed by atoms with E-state index in [4.69, 9.17) is 0 Å². The Bertz CT molecular complexity index is 680. The van der Waals surface area contributed by atoms with Gasteiger partial charge in [0.25, 0.3) is 0 Å². The number of hydrogen-bond acceptors (Lipinski definition) is 3. The van der Waals surface area contributed by atoms with Crippen LogP contribution in [0.3, 0.4) is 0 Å². The number of piperidine rings is 1. The number of nitrogens with zero attached hydrogens (tertiary/aromatic N) is 1. The van der Waals surface area contributed by atoms with Gasteiger partial charge >= 0.3 is 0 Å². The molecule has 1 fully saturated rings. The van der Waals surface area contributed by atoms with Crippen molar-refractivity contribution in [1.82, 2.24) is 10.2 Å². The molecule has 1 unspecified atom stereocenters. The van der Waals surface area contributed by atoms with Crippen molar-refractivity contribution >= 4 is 28.4 Å². The lowest BCUT2D eigenvalue weighted by atomic mass is 10.1. The van der Waals surface area contributed by atoms with Gasteiger partial charge in [-0.1, -0.05) is 30.3 Å². The Morgan fingerprint density at radius 2 is 1.87 bits per heavy atom. The first kappa shape index (κ1) is 16.3. The second-order valence-corrected chi connectivity index (χ2v) is 7.77. The molecule has 3 rings (SSSR count). The third-order valence-electron chi connectivity index (χ3n) is 4.47. The molecule has 1 atom stereocenters. The molecule has 0 radical (unpaired) electrons. The lowest BCUT2D eigenvalue weighted by molar-refractivity contribution is -0.121. The number of thioether (sulfide) groups is 1. The van der Waals surface area contributed by atoms with E-state index in [0.29, 0.717) is 6.04 Å². The summed E-state index contributed by atoms with van der Waals surface area (Å²) < 4.78 is 0. The summed E-state index contributed by atoms with van der Waals surface area (Å²) in [6, 6.07) is 15.0. The molecule has 0 aliphatic carbocycles. The van der Waals surface area contributed by atoms with Crippen LogP contribution in [-0.2, 0) is 4.79 Å². The SMILES string of the molecule is CC(Sc1ccc2ccccc2c1)C(=O)NC1CCN(C)CC1. The van der Waals surface area contributed by atoms with E-state index in [1.54, 1.807) is 11.8 Å². The van der Waals surface area contributed by atoms with Crippen LogP contribution in [0.5, 0.6) is 0 Å². The van der Waals surface area contributed by atoms with Gasteiger partial charge in [0.2, 0.25) is 5.91 Å². The number of carbonyl (C=O) groups excluding carboxylic acids is 1. The van der Waals surface area contributed by atoms with Crippen molar-refractivity contribution in [3.8, 4) is 0 Å². The fourth-order valence-electron chi connectivity index (χ4n) is 2.97. The second kappa shape index (κ2) is 7.37. The van der Waals surface area contributed by atoms with Crippen molar-refractivity contribution in [3.05, 3.63) is 42.5 Å². The molecule has 1 heterocycles. The molecule has 1 amide bonds. The fourth-order valence-corrected chi connectivity index (χ4v) is 3.89. The monoisotopic (exact) mass is 328 g/mol. The molecule has 2 aromatic carbocycles. The van der Waals surface area contributed by atoms with Gasteiger partial charge in [-0.3, -0.25) is 4.79 Å². The third-order valence-corrected chi connectivity index (χ3v) is 5.56. The van der Waals surface area contributed by atoms with E-state index in [9.17, 15) is 4.79 Å². The molecule has 3 nitrogen and oxygen atoms in total. The lowest BCUT2D eigenvalue weighted by Gasteiger charge is -2.30. The molecule has 23 heavy (non-hydrogen) atoms. The van der Waals surface area contributed by atoms with Crippen LogP contribution in [0.2, 0.25) is 0 Å². The van der Waals surface area contributed by atoms with Gasteiger partial charge in [-0.2, -0.15) is 0 Å². The standard InChI is InChI=1S/C19H24N2OS/c1-14(19(22)20-17-9-11-21(2)12-10-17)23-18-8-7-15-5-3-4-6-16(15)13-18/h3-8,13-14,17H,9-12H2,1-2H3,(H,20,22). The molecule has 1 aliphatic heterocycles. The number of fused-ring (bicyclic) bond motifs is 1. The van der Waals surface area contributed by atoms with Crippen LogP contribution in [0, 0.1) is 0 Å². The van der Waals surface area contributed by atoms with Gasteiger partial charge in [0.1, 0.15) is 0 Å². The first-order chi connectivity index (χ1) is 11.1. The van der Waals surface area contributed by atoms with Crippen molar-refractivity contribution in [2.45, 2.75) is 36.0 Å². The number of rotatable bonds is 4. The molecule has 0 bridgehead atoms. The normalized spacial score (nSPS) is 18.0. The predicted molar refractivity (Wildman–Crippen MR) is 97.9 cm³/mol. The molecule has 0 aromatic heterocycles. The minimum Gasteiger partial charge on any atom is -0.352 e. The minimum atomic E-state index is -0.0733. The Balaban J connectivity index is 1.58. The number of carbonyl (C=O) groups is 1. The Morgan fingerprint density at radius 3 is 2.61 bits per heavy atom. The van der Waals surface area contributed by atoms with E-state index < -0.39 is 0 Å². The van der Waals surface area contributed by atoms with Crippen LogP contribution in [0.4, 0.5) is 0 Å². The Morgan fingerprint density at radius 1 is 1.17 bits per heavy atom. The average Bonchev–Trinajstić information content (AvgIpc) is 2.56. The highest BCUT2D eigenvalue weighted by molar-refractivity contribution is 8.00.